The van der Waals surface area contributed by atoms with Crippen molar-refractivity contribution in [3.05, 3.63) is 48.5 Å². The second kappa shape index (κ2) is 10.1. The van der Waals surface area contributed by atoms with Crippen LogP contribution in [-0.4, -0.2) is 11.8 Å². The fraction of sp³-hybridized carbons (Fsp3) is 0.300. The van der Waals surface area contributed by atoms with Gasteiger partial charge >= 0.3 is 0 Å². The third kappa shape index (κ3) is 6.47. The molecule has 0 fully saturated rings. The first-order chi connectivity index (χ1) is 12.6. The van der Waals surface area contributed by atoms with Gasteiger partial charge in [0.2, 0.25) is 11.8 Å². The average Bonchev–Trinajstić information content (AvgIpc) is 2.63. The molecule has 2 amide bonds. The van der Waals surface area contributed by atoms with Gasteiger partial charge in [0, 0.05) is 24.2 Å². The molecule has 0 atom stereocenters. The average molecular weight is 352 g/mol. The summed E-state index contributed by atoms with van der Waals surface area (Å²) in [6.45, 7) is 3.93. The Morgan fingerprint density at radius 3 is 1.35 bits per heavy atom. The maximum absolute atomic E-state index is 11.6. The Hall–Kier alpha value is -3.02. The molecule has 136 valence electrons. The number of hydrogen-bond donors (Lipinski definition) is 2. The molecule has 0 aliphatic heterocycles. The summed E-state index contributed by atoms with van der Waals surface area (Å²) in [5.74, 6) is 0.0148. The van der Waals surface area contributed by atoms with Gasteiger partial charge in [0.25, 0.3) is 0 Å². The summed E-state index contributed by atoms with van der Waals surface area (Å²) in [6.07, 6.45) is 2.66. The standard InChI is InChI=1S/C20H24N4O2/c1-3-5-19(25)21-15-7-11-17(12-8-15)23-24-18-13-9-16(10-14-18)22-20(26)6-4-2/h7-14H,3-6H2,1-2H3,(H,21,25)(H,22,26). The molecule has 0 radical (unpaired) electrons. The van der Waals surface area contributed by atoms with Gasteiger partial charge in [-0.3, -0.25) is 9.59 Å². The van der Waals surface area contributed by atoms with Gasteiger partial charge in [0.15, 0.2) is 0 Å². The van der Waals surface area contributed by atoms with Crippen LogP contribution in [0.15, 0.2) is 58.8 Å². The number of benzene rings is 2. The molecular formula is C20H24N4O2. The van der Waals surface area contributed by atoms with Gasteiger partial charge in [-0.15, -0.1) is 0 Å². The van der Waals surface area contributed by atoms with Gasteiger partial charge in [-0.25, -0.2) is 0 Å². The van der Waals surface area contributed by atoms with E-state index < -0.39 is 0 Å². The quantitative estimate of drug-likeness (QED) is 0.608. The molecule has 2 aromatic rings. The number of carbonyl (C=O) groups is 2. The first kappa shape index (κ1) is 19.3. The first-order valence-corrected chi connectivity index (χ1v) is 8.82. The van der Waals surface area contributed by atoms with Crippen LogP contribution in [-0.2, 0) is 9.59 Å². The Labute approximate surface area is 153 Å². The van der Waals surface area contributed by atoms with E-state index in [0.717, 1.165) is 24.2 Å². The number of anilines is 2. The van der Waals surface area contributed by atoms with Crippen LogP contribution in [0.4, 0.5) is 22.7 Å². The molecule has 2 aromatic carbocycles. The Morgan fingerprint density at radius 2 is 1.04 bits per heavy atom. The summed E-state index contributed by atoms with van der Waals surface area (Å²) in [6, 6.07) is 14.4. The molecule has 0 unspecified atom stereocenters. The summed E-state index contributed by atoms with van der Waals surface area (Å²) < 4.78 is 0. The molecule has 2 rings (SSSR count). The second-order valence-electron chi connectivity index (χ2n) is 5.89. The minimum absolute atomic E-state index is 0.00740. The summed E-state index contributed by atoms with van der Waals surface area (Å²) in [5, 5.41) is 14.0. The summed E-state index contributed by atoms with van der Waals surface area (Å²) >= 11 is 0. The highest BCUT2D eigenvalue weighted by Crippen LogP contribution is 2.22. The SMILES string of the molecule is CCCC(=O)Nc1ccc(N=Nc2ccc(NC(=O)CCC)cc2)cc1. The Bertz CT molecular complexity index is 687. The monoisotopic (exact) mass is 352 g/mol. The molecule has 6 heteroatoms. The highest BCUT2D eigenvalue weighted by atomic mass is 16.2. The van der Waals surface area contributed by atoms with Crippen molar-refractivity contribution < 1.29 is 9.59 Å². The number of hydrogen-bond acceptors (Lipinski definition) is 4. The maximum atomic E-state index is 11.6. The van der Waals surface area contributed by atoms with Crippen molar-refractivity contribution in [1.29, 1.82) is 0 Å². The second-order valence-corrected chi connectivity index (χ2v) is 5.89. The third-order valence-corrected chi connectivity index (χ3v) is 3.54. The van der Waals surface area contributed by atoms with Gasteiger partial charge in [-0.05, 0) is 61.4 Å². The number of azo groups is 1. The Kier molecular flexibility index (Phi) is 7.49. The molecule has 0 bridgehead atoms. The molecule has 0 aromatic heterocycles. The fourth-order valence-electron chi connectivity index (χ4n) is 2.24. The molecule has 0 heterocycles. The Morgan fingerprint density at radius 1 is 0.692 bits per heavy atom. The maximum Gasteiger partial charge on any atom is 0.224 e. The van der Waals surface area contributed by atoms with Gasteiger partial charge in [-0.1, -0.05) is 13.8 Å². The smallest absolute Gasteiger partial charge is 0.224 e. The minimum Gasteiger partial charge on any atom is -0.326 e. The van der Waals surface area contributed by atoms with Crippen molar-refractivity contribution in [3.8, 4) is 0 Å². The van der Waals surface area contributed by atoms with E-state index in [9.17, 15) is 9.59 Å². The summed E-state index contributed by atoms with van der Waals surface area (Å²) in [7, 11) is 0. The largest absolute Gasteiger partial charge is 0.326 e. The lowest BCUT2D eigenvalue weighted by molar-refractivity contribution is -0.117. The lowest BCUT2D eigenvalue weighted by atomic mass is 10.2. The topological polar surface area (TPSA) is 82.9 Å². The van der Waals surface area contributed by atoms with Gasteiger partial charge in [-0.2, -0.15) is 10.2 Å². The van der Waals surface area contributed by atoms with Crippen LogP contribution in [0.1, 0.15) is 39.5 Å². The van der Waals surface area contributed by atoms with Crippen molar-refractivity contribution in [1.82, 2.24) is 0 Å². The highest BCUT2D eigenvalue weighted by molar-refractivity contribution is 5.91. The third-order valence-electron chi connectivity index (χ3n) is 3.54. The van der Waals surface area contributed by atoms with Gasteiger partial charge in [0.05, 0.1) is 11.4 Å². The van der Waals surface area contributed by atoms with Crippen molar-refractivity contribution >= 4 is 34.6 Å². The van der Waals surface area contributed by atoms with Gasteiger partial charge in [0.1, 0.15) is 0 Å². The number of carbonyl (C=O) groups excluding carboxylic acids is 2. The number of nitrogens with zero attached hydrogens (tertiary/aromatic N) is 2. The zero-order valence-electron chi connectivity index (χ0n) is 15.2. The molecule has 26 heavy (non-hydrogen) atoms. The van der Waals surface area contributed by atoms with E-state index in [-0.39, 0.29) is 11.8 Å². The predicted octanol–water partition coefficient (Wildman–Crippen LogP) is 5.58. The predicted molar refractivity (Wildman–Crippen MR) is 104 cm³/mol. The van der Waals surface area contributed by atoms with Crippen molar-refractivity contribution in [3.63, 3.8) is 0 Å². The first-order valence-electron chi connectivity index (χ1n) is 8.82. The van der Waals surface area contributed by atoms with Crippen LogP contribution in [0.25, 0.3) is 0 Å². The van der Waals surface area contributed by atoms with Crippen LogP contribution in [0.5, 0.6) is 0 Å². The zero-order chi connectivity index (χ0) is 18.8. The van der Waals surface area contributed by atoms with E-state index in [1.54, 1.807) is 48.5 Å². The molecule has 6 nitrogen and oxygen atoms in total. The molecule has 0 aliphatic rings. The Balaban J connectivity index is 1.92. The molecular weight excluding hydrogens is 328 g/mol. The fourth-order valence-corrected chi connectivity index (χ4v) is 2.24. The zero-order valence-corrected chi connectivity index (χ0v) is 15.2. The molecule has 0 aliphatic carbocycles. The number of nitrogens with one attached hydrogen (secondary N) is 2. The molecule has 2 N–H and O–H groups in total. The normalized spacial score (nSPS) is 10.7. The molecule has 0 spiro atoms. The van der Waals surface area contributed by atoms with Crippen molar-refractivity contribution in [2.45, 2.75) is 39.5 Å². The van der Waals surface area contributed by atoms with E-state index in [1.807, 2.05) is 13.8 Å². The van der Waals surface area contributed by atoms with E-state index in [4.69, 9.17) is 0 Å². The molecule has 0 saturated heterocycles. The lowest BCUT2D eigenvalue weighted by Crippen LogP contribution is -2.10. The van der Waals surface area contributed by atoms with Crippen molar-refractivity contribution in [2.75, 3.05) is 10.6 Å². The molecule has 0 saturated carbocycles. The highest BCUT2D eigenvalue weighted by Gasteiger charge is 2.01. The van der Waals surface area contributed by atoms with E-state index >= 15 is 0 Å². The summed E-state index contributed by atoms with van der Waals surface area (Å²) in [4.78, 5) is 23.1. The number of rotatable bonds is 8. The van der Waals surface area contributed by atoms with Gasteiger partial charge < -0.3 is 10.6 Å². The minimum atomic E-state index is 0.00740. The van der Waals surface area contributed by atoms with Crippen LogP contribution in [0.3, 0.4) is 0 Å². The van der Waals surface area contributed by atoms with E-state index in [2.05, 4.69) is 20.9 Å². The van der Waals surface area contributed by atoms with Crippen molar-refractivity contribution in [2.24, 2.45) is 10.2 Å². The van der Waals surface area contributed by atoms with E-state index in [1.165, 1.54) is 0 Å². The number of amides is 2. The van der Waals surface area contributed by atoms with Crippen LogP contribution in [0, 0.1) is 0 Å². The lowest BCUT2D eigenvalue weighted by Gasteiger charge is -2.04. The van der Waals surface area contributed by atoms with Crippen LogP contribution < -0.4 is 10.6 Å². The van der Waals surface area contributed by atoms with Crippen LogP contribution >= 0.6 is 0 Å². The van der Waals surface area contributed by atoms with Crippen LogP contribution in [0.2, 0.25) is 0 Å². The summed E-state index contributed by atoms with van der Waals surface area (Å²) in [5.41, 5.74) is 2.88. The van der Waals surface area contributed by atoms with E-state index in [0.29, 0.717) is 24.2 Å².